The van der Waals surface area contributed by atoms with Crippen molar-refractivity contribution in [3.63, 3.8) is 0 Å². The summed E-state index contributed by atoms with van der Waals surface area (Å²) in [7, 11) is 1.64. The number of rotatable bonds is 6. The van der Waals surface area contributed by atoms with E-state index in [0.29, 0.717) is 18.7 Å². The first-order chi connectivity index (χ1) is 15.8. The van der Waals surface area contributed by atoms with Gasteiger partial charge >= 0.3 is 0 Å². The molecule has 8 heteroatoms. The van der Waals surface area contributed by atoms with Crippen LogP contribution in [0.1, 0.15) is 71.1 Å². The molecule has 1 saturated carbocycles. The van der Waals surface area contributed by atoms with E-state index in [9.17, 15) is 14.4 Å². The minimum atomic E-state index is -1.06. The zero-order valence-electron chi connectivity index (χ0n) is 19.7. The molecule has 1 unspecified atom stereocenters. The summed E-state index contributed by atoms with van der Waals surface area (Å²) < 4.78 is 1.50. The molecule has 1 aliphatic carbocycles. The third-order valence-electron chi connectivity index (χ3n) is 6.98. The molecule has 4 rings (SSSR count). The molecule has 8 nitrogen and oxygen atoms in total. The van der Waals surface area contributed by atoms with Crippen molar-refractivity contribution in [2.45, 2.75) is 70.5 Å². The van der Waals surface area contributed by atoms with Gasteiger partial charge in [0.05, 0.1) is 6.54 Å². The van der Waals surface area contributed by atoms with Crippen molar-refractivity contribution < 1.29 is 14.4 Å². The smallest absolute Gasteiger partial charge is 0.272 e. The van der Waals surface area contributed by atoms with Gasteiger partial charge in [-0.15, -0.1) is 0 Å². The Morgan fingerprint density at radius 2 is 1.85 bits per heavy atom. The number of benzene rings is 1. The summed E-state index contributed by atoms with van der Waals surface area (Å²) in [6.45, 7) is 4.48. The second-order valence-corrected chi connectivity index (χ2v) is 9.51. The van der Waals surface area contributed by atoms with E-state index in [2.05, 4.69) is 15.7 Å². The van der Waals surface area contributed by atoms with Crippen molar-refractivity contribution >= 4 is 17.7 Å². The molecule has 176 valence electrons. The van der Waals surface area contributed by atoms with Gasteiger partial charge in [-0.2, -0.15) is 5.10 Å². The second-order valence-electron chi connectivity index (χ2n) is 9.51. The number of aromatic nitrogens is 2. The number of amides is 3. The molecule has 1 atom stereocenters. The maximum absolute atomic E-state index is 13.2. The molecule has 33 heavy (non-hydrogen) atoms. The quantitative estimate of drug-likeness (QED) is 0.705. The van der Waals surface area contributed by atoms with Crippen molar-refractivity contribution in [3.05, 3.63) is 52.8 Å². The minimum absolute atomic E-state index is 0.153. The van der Waals surface area contributed by atoms with Crippen LogP contribution < -0.4 is 10.6 Å². The number of hydrogen-bond acceptors (Lipinski definition) is 4. The van der Waals surface area contributed by atoms with Crippen LogP contribution >= 0.6 is 0 Å². The van der Waals surface area contributed by atoms with Gasteiger partial charge in [0.25, 0.3) is 11.8 Å². The third-order valence-corrected chi connectivity index (χ3v) is 6.98. The molecule has 2 aliphatic rings. The lowest BCUT2D eigenvalue weighted by atomic mass is 9.92. The Morgan fingerprint density at radius 1 is 1.15 bits per heavy atom. The molecule has 1 aliphatic heterocycles. The summed E-state index contributed by atoms with van der Waals surface area (Å²) in [4.78, 5) is 40.3. The van der Waals surface area contributed by atoms with Crippen molar-refractivity contribution in [2.75, 3.05) is 13.6 Å². The van der Waals surface area contributed by atoms with E-state index < -0.39 is 5.54 Å². The highest BCUT2D eigenvalue weighted by molar-refractivity contribution is 6.01. The van der Waals surface area contributed by atoms with Crippen LogP contribution in [-0.2, 0) is 17.8 Å². The van der Waals surface area contributed by atoms with Crippen molar-refractivity contribution in [1.82, 2.24) is 25.3 Å². The Balaban J connectivity index is 1.42. The molecule has 0 spiro atoms. The lowest BCUT2D eigenvalue weighted by Gasteiger charge is -2.41. The molecule has 2 N–H and O–H groups in total. The molecular formula is C25H33N5O3. The van der Waals surface area contributed by atoms with E-state index in [4.69, 9.17) is 0 Å². The molecule has 2 aromatic rings. The zero-order valence-corrected chi connectivity index (χ0v) is 19.7. The van der Waals surface area contributed by atoms with Gasteiger partial charge in [0.1, 0.15) is 11.2 Å². The van der Waals surface area contributed by atoms with Crippen LogP contribution in [0.2, 0.25) is 0 Å². The van der Waals surface area contributed by atoms with E-state index >= 15 is 0 Å². The average molecular weight is 452 g/mol. The van der Waals surface area contributed by atoms with E-state index in [1.165, 1.54) is 27.6 Å². The predicted molar refractivity (Wildman–Crippen MR) is 125 cm³/mol. The molecule has 2 heterocycles. The monoisotopic (exact) mass is 451 g/mol. The van der Waals surface area contributed by atoms with Gasteiger partial charge in [-0.1, -0.05) is 49.1 Å². The Hall–Kier alpha value is -3.16. The maximum atomic E-state index is 13.2. The van der Waals surface area contributed by atoms with Crippen LogP contribution in [0.4, 0.5) is 0 Å². The van der Waals surface area contributed by atoms with Gasteiger partial charge in [-0.25, -0.2) is 0 Å². The van der Waals surface area contributed by atoms with E-state index in [1.54, 1.807) is 14.0 Å². The number of nitrogens with one attached hydrogen (secondary N) is 2. The summed E-state index contributed by atoms with van der Waals surface area (Å²) >= 11 is 0. The number of fused-ring (bicyclic) bond motifs is 1. The van der Waals surface area contributed by atoms with Gasteiger partial charge in [0, 0.05) is 25.7 Å². The fourth-order valence-corrected chi connectivity index (χ4v) is 4.59. The summed E-state index contributed by atoms with van der Waals surface area (Å²) in [6, 6.07) is 9.85. The summed E-state index contributed by atoms with van der Waals surface area (Å²) in [5.41, 5.74) is 1.78. The van der Waals surface area contributed by atoms with E-state index in [-0.39, 0.29) is 36.0 Å². The molecule has 1 aromatic heterocycles. The lowest BCUT2D eigenvalue weighted by molar-refractivity contribution is -0.133. The minimum Gasteiger partial charge on any atom is -0.351 e. The molecule has 0 bridgehead atoms. The number of nitrogens with zero attached hydrogens (tertiary/aromatic N) is 3. The largest absolute Gasteiger partial charge is 0.351 e. The first kappa shape index (κ1) is 23.0. The molecule has 1 fully saturated rings. The highest BCUT2D eigenvalue weighted by atomic mass is 16.2. The van der Waals surface area contributed by atoms with Gasteiger partial charge in [0.15, 0.2) is 5.69 Å². The number of carbonyl (C=O) groups excluding carboxylic acids is 3. The first-order valence-electron chi connectivity index (χ1n) is 11.8. The predicted octanol–water partition coefficient (Wildman–Crippen LogP) is 2.46. The number of carbonyl (C=O) groups is 3. The van der Waals surface area contributed by atoms with Crippen LogP contribution in [0.5, 0.6) is 0 Å². The Kier molecular flexibility index (Phi) is 6.54. The zero-order chi connectivity index (χ0) is 23.6. The van der Waals surface area contributed by atoms with E-state index in [0.717, 1.165) is 31.2 Å². The second kappa shape index (κ2) is 9.37. The first-order valence-corrected chi connectivity index (χ1v) is 11.8. The molecular weight excluding hydrogens is 418 g/mol. The van der Waals surface area contributed by atoms with Crippen LogP contribution in [0.25, 0.3) is 0 Å². The summed E-state index contributed by atoms with van der Waals surface area (Å²) in [5.74, 6) is -0.808. The van der Waals surface area contributed by atoms with Crippen LogP contribution in [0.15, 0.2) is 30.3 Å². The highest BCUT2D eigenvalue weighted by Crippen LogP contribution is 2.27. The van der Waals surface area contributed by atoms with Gasteiger partial charge in [0.2, 0.25) is 5.91 Å². The molecule has 3 amide bonds. The Morgan fingerprint density at radius 3 is 2.55 bits per heavy atom. The fourth-order valence-electron chi connectivity index (χ4n) is 4.59. The highest BCUT2D eigenvalue weighted by Gasteiger charge is 2.46. The Labute approximate surface area is 194 Å². The maximum Gasteiger partial charge on any atom is 0.272 e. The fraction of sp³-hybridized carbons (Fsp3) is 0.520. The van der Waals surface area contributed by atoms with Crippen LogP contribution in [-0.4, -0.2) is 57.6 Å². The van der Waals surface area contributed by atoms with E-state index in [1.807, 2.05) is 31.2 Å². The van der Waals surface area contributed by atoms with Gasteiger partial charge in [-0.3, -0.25) is 19.1 Å². The van der Waals surface area contributed by atoms with Crippen molar-refractivity contribution in [1.29, 1.82) is 0 Å². The van der Waals surface area contributed by atoms with Crippen molar-refractivity contribution in [2.24, 2.45) is 0 Å². The average Bonchev–Trinajstić information content (AvgIpc) is 3.23. The molecule has 0 saturated heterocycles. The number of hydrogen-bond donors (Lipinski definition) is 2. The van der Waals surface area contributed by atoms with Crippen LogP contribution in [0.3, 0.4) is 0 Å². The third kappa shape index (κ3) is 4.79. The lowest BCUT2D eigenvalue weighted by Crippen LogP contribution is -2.63. The Bertz CT molecular complexity index is 1040. The van der Waals surface area contributed by atoms with Crippen LogP contribution in [0, 0.1) is 6.92 Å². The summed E-state index contributed by atoms with van der Waals surface area (Å²) in [6.07, 6.45) is 6.08. The standard InChI is InChI=1S/C25H33N5O3/c1-17-9-11-18(12-10-17)13-14-26-22(31)20-15-21-23(32)29(3)25(2,16-30(21)28-20)24(33)27-19-7-5-4-6-8-19/h9-12,15,19H,4-8,13-14,16H2,1-3H3,(H,26,31)(H,27,33). The number of likely N-dealkylation sites (N-methyl/N-ethyl adjacent to an activating group) is 1. The van der Waals surface area contributed by atoms with Gasteiger partial charge in [-0.05, 0) is 38.7 Å². The van der Waals surface area contributed by atoms with Gasteiger partial charge < -0.3 is 15.5 Å². The summed E-state index contributed by atoms with van der Waals surface area (Å²) in [5, 5.41) is 10.4. The molecule has 1 aromatic carbocycles. The van der Waals surface area contributed by atoms with Crippen molar-refractivity contribution in [3.8, 4) is 0 Å². The topological polar surface area (TPSA) is 96.3 Å². The number of aryl methyl sites for hydroxylation is 1. The SMILES string of the molecule is Cc1ccc(CCNC(=O)c2cc3n(n2)CC(C)(C(=O)NC2CCCCC2)N(C)C3=O)cc1. The normalized spacial score (nSPS) is 20.9. The molecule has 0 radical (unpaired) electrons.